The van der Waals surface area contributed by atoms with Crippen LogP contribution in [0.3, 0.4) is 0 Å². The first-order chi connectivity index (χ1) is 6.74. The number of nitrogens with one attached hydrogen (secondary N) is 1. The maximum atomic E-state index is 11.2. The predicted octanol–water partition coefficient (Wildman–Crippen LogP) is 0.771. The molecule has 14 heavy (non-hydrogen) atoms. The number of rotatable bonds is 5. The van der Waals surface area contributed by atoms with E-state index in [0.29, 0.717) is 19.4 Å². The molecule has 0 aliphatic carbocycles. The summed E-state index contributed by atoms with van der Waals surface area (Å²) in [7, 11) is 0. The van der Waals surface area contributed by atoms with E-state index >= 15 is 0 Å². The lowest BCUT2D eigenvalue weighted by Crippen LogP contribution is -2.30. The van der Waals surface area contributed by atoms with Gasteiger partial charge in [-0.05, 0) is 12.8 Å². The molecule has 0 unspecified atom stereocenters. The van der Waals surface area contributed by atoms with E-state index in [1.807, 2.05) is 11.8 Å². The van der Waals surface area contributed by atoms with E-state index in [4.69, 9.17) is 0 Å². The first-order valence-electron chi connectivity index (χ1n) is 5.28. The van der Waals surface area contributed by atoms with Crippen LogP contribution in [0.25, 0.3) is 0 Å². The molecule has 2 amide bonds. The summed E-state index contributed by atoms with van der Waals surface area (Å²) in [5, 5.41) is 2.79. The third kappa shape index (κ3) is 3.36. The minimum absolute atomic E-state index is 0. The Hall–Kier alpha value is -1.06. The van der Waals surface area contributed by atoms with Gasteiger partial charge in [0, 0.05) is 33.9 Å². The highest BCUT2D eigenvalue weighted by Crippen LogP contribution is 2.09. The van der Waals surface area contributed by atoms with Crippen LogP contribution < -0.4 is 5.32 Å². The van der Waals surface area contributed by atoms with Gasteiger partial charge in [0.15, 0.2) is 0 Å². The van der Waals surface area contributed by atoms with Gasteiger partial charge in [0.05, 0.1) is 0 Å². The Morgan fingerprint density at radius 3 is 3.00 bits per heavy atom. The summed E-state index contributed by atoms with van der Waals surface area (Å²) < 4.78 is 0. The molecule has 4 nitrogen and oxygen atoms in total. The minimum atomic E-state index is 0. The molecule has 4 heteroatoms. The number of carbonyl (C=O) groups is 2. The first kappa shape index (κ1) is 11.0. The SMILES string of the molecule is CCC(=O)NCCCN1CCCC1=O.[HH]. The molecule has 1 aliphatic heterocycles. The zero-order valence-corrected chi connectivity index (χ0v) is 8.71. The third-order valence-corrected chi connectivity index (χ3v) is 2.42. The van der Waals surface area contributed by atoms with E-state index in [0.717, 1.165) is 25.9 Å². The highest BCUT2D eigenvalue weighted by molar-refractivity contribution is 5.78. The van der Waals surface area contributed by atoms with Crippen molar-refractivity contribution in [2.45, 2.75) is 32.6 Å². The second-order valence-corrected chi connectivity index (χ2v) is 3.54. The molecule has 1 aliphatic rings. The van der Waals surface area contributed by atoms with Crippen molar-refractivity contribution in [3.63, 3.8) is 0 Å². The van der Waals surface area contributed by atoms with Crippen LogP contribution >= 0.6 is 0 Å². The second kappa shape index (κ2) is 5.62. The Balaban J connectivity index is 0.00000196. The van der Waals surface area contributed by atoms with Crippen LogP contribution in [0.4, 0.5) is 0 Å². The van der Waals surface area contributed by atoms with Crippen molar-refractivity contribution < 1.29 is 11.0 Å². The normalized spacial score (nSPS) is 16.1. The van der Waals surface area contributed by atoms with Crippen LogP contribution in [0.15, 0.2) is 0 Å². The summed E-state index contributed by atoms with van der Waals surface area (Å²) in [6, 6.07) is 0. The van der Waals surface area contributed by atoms with Gasteiger partial charge in [-0.3, -0.25) is 9.59 Å². The molecule has 1 fully saturated rings. The van der Waals surface area contributed by atoms with Gasteiger partial charge in [-0.25, -0.2) is 0 Å². The average molecular weight is 200 g/mol. The van der Waals surface area contributed by atoms with Crippen molar-refractivity contribution in [3.8, 4) is 0 Å². The molecule has 0 aromatic rings. The molecule has 82 valence electrons. The van der Waals surface area contributed by atoms with Gasteiger partial charge < -0.3 is 10.2 Å². The van der Waals surface area contributed by atoms with Gasteiger partial charge in [-0.1, -0.05) is 6.92 Å². The lowest BCUT2D eigenvalue weighted by molar-refractivity contribution is -0.127. The fraction of sp³-hybridized carbons (Fsp3) is 0.800. The quantitative estimate of drug-likeness (QED) is 0.666. The minimum Gasteiger partial charge on any atom is -0.356 e. The van der Waals surface area contributed by atoms with Crippen LogP contribution in [-0.4, -0.2) is 36.3 Å². The molecular formula is C10H20N2O2. The number of carbonyl (C=O) groups excluding carboxylic acids is 2. The Morgan fingerprint density at radius 1 is 1.64 bits per heavy atom. The summed E-state index contributed by atoms with van der Waals surface area (Å²) in [5.74, 6) is 0.338. The highest BCUT2D eigenvalue weighted by atomic mass is 16.2. The number of nitrogens with zero attached hydrogens (tertiary/aromatic N) is 1. The van der Waals surface area contributed by atoms with Gasteiger partial charge in [0.2, 0.25) is 11.8 Å². The van der Waals surface area contributed by atoms with E-state index in [1.165, 1.54) is 0 Å². The van der Waals surface area contributed by atoms with E-state index in [1.54, 1.807) is 0 Å². The van der Waals surface area contributed by atoms with E-state index in [-0.39, 0.29) is 13.2 Å². The van der Waals surface area contributed by atoms with Gasteiger partial charge in [-0.2, -0.15) is 0 Å². The summed E-state index contributed by atoms with van der Waals surface area (Å²) >= 11 is 0. The maximum Gasteiger partial charge on any atom is 0.222 e. The van der Waals surface area contributed by atoms with Crippen LogP contribution in [0.1, 0.15) is 34.0 Å². The topological polar surface area (TPSA) is 49.4 Å². The Bertz CT molecular complexity index is 221. The zero-order chi connectivity index (χ0) is 10.4. The van der Waals surface area contributed by atoms with Crippen LogP contribution in [0, 0.1) is 0 Å². The fourth-order valence-corrected chi connectivity index (χ4v) is 1.56. The lowest BCUT2D eigenvalue weighted by Gasteiger charge is -2.14. The molecular weight excluding hydrogens is 180 g/mol. The smallest absolute Gasteiger partial charge is 0.222 e. The largest absolute Gasteiger partial charge is 0.356 e. The maximum absolute atomic E-state index is 11.2. The monoisotopic (exact) mass is 200 g/mol. The van der Waals surface area contributed by atoms with Gasteiger partial charge in [0.25, 0.3) is 0 Å². The molecule has 0 aromatic carbocycles. The van der Waals surface area contributed by atoms with E-state index in [2.05, 4.69) is 5.32 Å². The van der Waals surface area contributed by atoms with Crippen molar-refractivity contribution in [3.05, 3.63) is 0 Å². The molecule has 0 radical (unpaired) electrons. The zero-order valence-electron chi connectivity index (χ0n) is 8.71. The second-order valence-electron chi connectivity index (χ2n) is 3.54. The summed E-state index contributed by atoms with van der Waals surface area (Å²) in [5.41, 5.74) is 0. The van der Waals surface area contributed by atoms with Gasteiger partial charge >= 0.3 is 0 Å². The number of amides is 2. The Labute approximate surface area is 86.1 Å². The van der Waals surface area contributed by atoms with Crippen molar-refractivity contribution >= 4 is 11.8 Å². The summed E-state index contributed by atoms with van der Waals surface area (Å²) in [6.07, 6.45) is 3.07. The van der Waals surface area contributed by atoms with Crippen molar-refractivity contribution in [1.29, 1.82) is 0 Å². The molecule has 1 saturated heterocycles. The standard InChI is InChI=1S/C10H18N2O2.H2/c1-2-9(13)11-6-4-8-12-7-3-5-10(12)14;/h2-8H2,1H3,(H,11,13);1H. The lowest BCUT2D eigenvalue weighted by atomic mass is 10.3. The molecule has 1 rings (SSSR count). The Kier molecular flexibility index (Phi) is 4.43. The van der Waals surface area contributed by atoms with Crippen molar-refractivity contribution in [2.75, 3.05) is 19.6 Å². The third-order valence-electron chi connectivity index (χ3n) is 2.42. The van der Waals surface area contributed by atoms with Crippen molar-refractivity contribution in [2.24, 2.45) is 0 Å². The van der Waals surface area contributed by atoms with E-state index < -0.39 is 0 Å². The van der Waals surface area contributed by atoms with Crippen LogP contribution in [-0.2, 0) is 9.59 Å². The summed E-state index contributed by atoms with van der Waals surface area (Å²) in [6.45, 7) is 4.18. The number of likely N-dealkylation sites (tertiary alicyclic amines) is 1. The molecule has 0 spiro atoms. The van der Waals surface area contributed by atoms with Gasteiger partial charge in [-0.15, -0.1) is 0 Å². The molecule has 0 atom stereocenters. The van der Waals surface area contributed by atoms with Crippen LogP contribution in [0.5, 0.6) is 0 Å². The fourth-order valence-electron chi connectivity index (χ4n) is 1.56. The number of hydrogen-bond acceptors (Lipinski definition) is 2. The molecule has 0 aromatic heterocycles. The van der Waals surface area contributed by atoms with Crippen LogP contribution in [0.2, 0.25) is 0 Å². The molecule has 1 heterocycles. The summed E-state index contributed by atoms with van der Waals surface area (Å²) in [4.78, 5) is 24.0. The first-order valence-corrected chi connectivity index (χ1v) is 5.28. The molecule has 0 saturated carbocycles. The van der Waals surface area contributed by atoms with Crippen molar-refractivity contribution in [1.82, 2.24) is 10.2 Å². The Morgan fingerprint density at radius 2 is 2.43 bits per heavy atom. The highest BCUT2D eigenvalue weighted by Gasteiger charge is 2.18. The average Bonchev–Trinajstić information content (AvgIpc) is 2.58. The molecule has 1 N–H and O–H groups in total. The van der Waals surface area contributed by atoms with E-state index in [9.17, 15) is 9.59 Å². The molecule has 0 bridgehead atoms. The predicted molar refractivity (Wildman–Crippen MR) is 55.8 cm³/mol. The number of hydrogen-bond donors (Lipinski definition) is 1. The van der Waals surface area contributed by atoms with Gasteiger partial charge in [0.1, 0.15) is 0 Å².